The van der Waals surface area contributed by atoms with Gasteiger partial charge in [0.05, 0.1) is 6.61 Å². The van der Waals surface area contributed by atoms with Gasteiger partial charge in [0.1, 0.15) is 5.75 Å². The highest BCUT2D eigenvalue weighted by Crippen LogP contribution is 2.41. The van der Waals surface area contributed by atoms with E-state index >= 15 is 0 Å². The van der Waals surface area contributed by atoms with Gasteiger partial charge in [-0.1, -0.05) is 13.8 Å². The monoisotopic (exact) mass is 232 g/mol. The minimum Gasteiger partial charge on any atom is -0.493 e. The highest BCUT2D eigenvalue weighted by atomic mass is 32.2. The summed E-state index contributed by atoms with van der Waals surface area (Å²) >= 11 is 1.45. The summed E-state index contributed by atoms with van der Waals surface area (Å²) < 4.78 is 5.71. The van der Waals surface area contributed by atoms with Crippen LogP contribution in [0, 0.1) is 18.6 Å². The molecule has 1 aromatic rings. The number of terminal acetylenes is 1. The van der Waals surface area contributed by atoms with E-state index in [0.29, 0.717) is 0 Å². The van der Waals surface area contributed by atoms with Crippen molar-refractivity contribution in [2.45, 2.75) is 37.5 Å². The summed E-state index contributed by atoms with van der Waals surface area (Å²) in [5, 5.41) is 2.63. The Morgan fingerprint density at radius 1 is 1.44 bits per heavy atom. The molecule has 0 saturated carbocycles. The van der Waals surface area contributed by atoms with Gasteiger partial charge in [0, 0.05) is 10.5 Å². The summed E-state index contributed by atoms with van der Waals surface area (Å²) in [7, 11) is 0. The van der Waals surface area contributed by atoms with Gasteiger partial charge in [-0.25, -0.2) is 0 Å². The largest absolute Gasteiger partial charge is 0.493 e. The van der Waals surface area contributed by atoms with Crippen LogP contribution < -0.4 is 4.74 Å². The average Bonchev–Trinajstić information content (AvgIpc) is 2.20. The summed E-state index contributed by atoms with van der Waals surface area (Å²) in [4.78, 5) is 1.17. The second-order valence-electron chi connectivity index (χ2n) is 4.82. The van der Waals surface area contributed by atoms with Crippen molar-refractivity contribution in [3.8, 4) is 17.4 Å². The molecule has 0 fully saturated rings. The molecule has 0 bridgehead atoms. The first-order valence-electron chi connectivity index (χ1n) is 5.45. The third-order valence-corrected chi connectivity index (χ3v) is 3.94. The smallest absolute Gasteiger partial charge is 0.123 e. The van der Waals surface area contributed by atoms with Crippen LogP contribution >= 0.6 is 11.8 Å². The van der Waals surface area contributed by atoms with Crippen LogP contribution in [0.15, 0.2) is 17.0 Å². The molecule has 1 heterocycles. The van der Waals surface area contributed by atoms with Crippen LogP contribution in [0.4, 0.5) is 0 Å². The lowest BCUT2D eigenvalue weighted by molar-refractivity contribution is 0.233. The van der Waals surface area contributed by atoms with Gasteiger partial charge in [-0.3, -0.25) is 0 Å². The van der Waals surface area contributed by atoms with Crippen LogP contribution in [0.2, 0.25) is 0 Å². The fourth-order valence-corrected chi connectivity index (χ4v) is 2.56. The van der Waals surface area contributed by atoms with Crippen molar-refractivity contribution in [3.05, 3.63) is 23.3 Å². The summed E-state index contributed by atoms with van der Waals surface area (Å²) in [5.74, 6) is 1.02. The van der Waals surface area contributed by atoms with Gasteiger partial charge >= 0.3 is 0 Å². The van der Waals surface area contributed by atoms with E-state index in [1.54, 1.807) is 0 Å². The molecule has 84 valence electrons. The number of hydrogen-bond donors (Lipinski definition) is 0. The van der Waals surface area contributed by atoms with E-state index in [0.717, 1.165) is 18.8 Å². The molecule has 0 N–H and O–H groups in total. The molecular weight excluding hydrogens is 216 g/mol. The number of ether oxygens (including phenoxy) is 1. The first-order chi connectivity index (χ1) is 7.54. The number of benzene rings is 1. The summed E-state index contributed by atoms with van der Waals surface area (Å²) in [6.07, 6.45) is 6.41. The molecule has 0 aromatic heterocycles. The minimum atomic E-state index is 0.186. The molecule has 0 saturated heterocycles. The molecule has 0 atom stereocenters. The van der Waals surface area contributed by atoms with E-state index in [2.05, 4.69) is 38.2 Å². The molecule has 0 aliphatic carbocycles. The SMILES string of the molecule is C#CSc1cc2c(cc1C)OCCC2(C)C. The minimum absolute atomic E-state index is 0.186. The Hall–Kier alpha value is -1.07. The first kappa shape index (κ1) is 11.4. The van der Waals surface area contributed by atoms with Gasteiger partial charge < -0.3 is 4.74 Å². The van der Waals surface area contributed by atoms with Gasteiger partial charge in [-0.05, 0) is 53.5 Å². The topological polar surface area (TPSA) is 9.23 Å². The Kier molecular flexibility index (Phi) is 2.90. The maximum atomic E-state index is 5.71. The Balaban J connectivity index is 2.54. The standard InChI is InChI=1S/C14H16OS/c1-5-16-13-9-11-12(8-10(13)2)15-7-6-14(11,3)4/h1,8-9H,6-7H2,2-4H3. The van der Waals surface area contributed by atoms with Crippen LogP contribution in [-0.2, 0) is 5.41 Å². The lowest BCUT2D eigenvalue weighted by atomic mass is 9.79. The van der Waals surface area contributed by atoms with Gasteiger partial charge in [-0.15, -0.1) is 6.42 Å². The molecule has 1 aromatic carbocycles. The predicted molar refractivity (Wildman–Crippen MR) is 69.0 cm³/mol. The van der Waals surface area contributed by atoms with E-state index < -0.39 is 0 Å². The second kappa shape index (κ2) is 4.07. The van der Waals surface area contributed by atoms with Crippen molar-refractivity contribution in [1.29, 1.82) is 0 Å². The molecule has 0 amide bonds. The molecule has 16 heavy (non-hydrogen) atoms. The second-order valence-corrected chi connectivity index (χ2v) is 5.70. The van der Waals surface area contributed by atoms with Crippen molar-refractivity contribution >= 4 is 11.8 Å². The van der Waals surface area contributed by atoms with Crippen molar-refractivity contribution in [1.82, 2.24) is 0 Å². The van der Waals surface area contributed by atoms with Gasteiger partial charge in [0.15, 0.2) is 0 Å². The van der Waals surface area contributed by atoms with Gasteiger partial charge in [0.2, 0.25) is 0 Å². The fourth-order valence-electron chi connectivity index (χ4n) is 2.03. The molecule has 0 spiro atoms. The zero-order valence-electron chi connectivity index (χ0n) is 9.96. The summed E-state index contributed by atoms with van der Waals surface area (Å²) in [6.45, 7) is 7.40. The normalized spacial score (nSPS) is 17.1. The van der Waals surface area contributed by atoms with Crippen molar-refractivity contribution in [2.75, 3.05) is 6.61 Å². The highest BCUT2D eigenvalue weighted by molar-refractivity contribution is 8.04. The quantitative estimate of drug-likeness (QED) is 0.539. The summed E-state index contributed by atoms with van der Waals surface area (Å²) in [6, 6.07) is 4.30. The summed E-state index contributed by atoms with van der Waals surface area (Å²) in [5.41, 5.74) is 2.66. The molecule has 0 radical (unpaired) electrons. The van der Waals surface area contributed by atoms with E-state index in [1.807, 2.05) is 0 Å². The molecule has 1 aliphatic rings. The maximum absolute atomic E-state index is 5.71. The van der Waals surface area contributed by atoms with Crippen LogP contribution in [0.25, 0.3) is 0 Å². The lowest BCUT2D eigenvalue weighted by Crippen LogP contribution is -2.26. The van der Waals surface area contributed by atoms with Gasteiger partial charge in [0.25, 0.3) is 0 Å². The zero-order chi connectivity index (χ0) is 11.8. The van der Waals surface area contributed by atoms with Crippen molar-refractivity contribution < 1.29 is 4.74 Å². The number of hydrogen-bond acceptors (Lipinski definition) is 2. The molecule has 2 heteroatoms. The third-order valence-electron chi connectivity index (χ3n) is 3.16. The van der Waals surface area contributed by atoms with Crippen LogP contribution in [-0.4, -0.2) is 6.61 Å². The van der Waals surface area contributed by atoms with Crippen molar-refractivity contribution in [3.63, 3.8) is 0 Å². The van der Waals surface area contributed by atoms with E-state index in [-0.39, 0.29) is 5.41 Å². The lowest BCUT2D eigenvalue weighted by Gasteiger charge is -2.33. The van der Waals surface area contributed by atoms with E-state index in [1.165, 1.54) is 27.8 Å². The zero-order valence-corrected chi connectivity index (χ0v) is 10.8. The maximum Gasteiger partial charge on any atom is 0.123 e. The van der Waals surface area contributed by atoms with Crippen molar-refractivity contribution in [2.24, 2.45) is 0 Å². The Labute approximate surface area is 102 Å². The Morgan fingerprint density at radius 2 is 2.19 bits per heavy atom. The fraction of sp³-hybridized carbons (Fsp3) is 0.429. The number of fused-ring (bicyclic) bond motifs is 1. The van der Waals surface area contributed by atoms with Crippen LogP contribution in [0.3, 0.4) is 0 Å². The molecule has 0 unspecified atom stereocenters. The molecule has 1 aliphatic heterocycles. The number of aryl methyl sites for hydroxylation is 1. The highest BCUT2D eigenvalue weighted by Gasteiger charge is 2.29. The van der Waals surface area contributed by atoms with E-state index in [4.69, 9.17) is 11.2 Å². The molecular formula is C14H16OS. The van der Waals surface area contributed by atoms with Gasteiger partial charge in [-0.2, -0.15) is 0 Å². The van der Waals surface area contributed by atoms with Crippen LogP contribution in [0.5, 0.6) is 5.75 Å². The number of thioether (sulfide) groups is 1. The molecule has 1 nitrogen and oxygen atoms in total. The average molecular weight is 232 g/mol. The van der Waals surface area contributed by atoms with E-state index in [9.17, 15) is 0 Å². The Morgan fingerprint density at radius 3 is 2.88 bits per heavy atom. The van der Waals surface area contributed by atoms with Crippen LogP contribution in [0.1, 0.15) is 31.4 Å². The first-order valence-corrected chi connectivity index (χ1v) is 6.26. The predicted octanol–water partition coefficient (Wildman–Crippen LogP) is 3.74. The number of rotatable bonds is 1. The third kappa shape index (κ3) is 1.92. The Bertz CT molecular complexity index is 455. The molecule has 2 rings (SSSR count).